The number of carboxylic acids is 1. The molecule has 0 amide bonds. The molecule has 0 saturated carbocycles. The van der Waals surface area contributed by atoms with Crippen molar-refractivity contribution >= 4 is 16.9 Å². The lowest BCUT2D eigenvalue weighted by Gasteiger charge is -2.19. The smallest absolute Gasteiger partial charge is 0.309 e. The van der Waals surface area contributed by atoms with Crippen LogP contribution in [0.3, 0.4) is 0 Å². The van der Waals surface area contributed by atoms with E-state index in [0.29, 0.717) is 12.0 Å². The number of hydrogen-bond acceptors (Lipinski definition) is 2. The maximum Gasteiger partial charge on any atom is 0.309 e. The first-order chi connectivity index (χ1) is 8.74. The molecule has 0 aliphatic heterocycles. The van der Waals surface area contributed by atoms with Crippen molar-refractivity contribution in [3.63, 3.8) is 0 Å². The number of rotatable bonds is 3. The van der Waals surface area contributed by atoms with Crippen molar-refractivity contribution in [2.75, 3.05) is 0 Å². The first kappa shape index (κ1) is 13.5. The van der Waals surface area contributed by atoms with E-state index in [1.54, 1.807) is 19.9 Å². The minimum Gasteiger partial charge on any atom is -0.507 e. The third-order valence-electron chi connectivity index (χ3n) is 3.73. The molecule has 0 aliphatic carbocycles. The normalized spacial score (nSPS) is 12.0. The Balaban J connectivity index is 2.54. The Bertz CT molecular complexity index is 653. The second-order valence-corrected chi connectivity index (χ2v) is 5.74. The summed E-state index contributed by atoms with van der Waals surface area (Å²) >= 11 is 0. The van der Waals surface area contributed by atoms with E-state index in [1.807, 2.05) is 19.9 Å². The molecule has 0 atom stereocenters. The second kappa shape index (κ2) is 4.30. The Morgan fingerprint density at radius 2 is 1.95 bits per heavy atom. The van der Waals surface area contributed by atoms with Crippen LogP contribution < -0.4 is 0 Å². The van der Waals surface area contributed by atoms with Gasteiger partial charge < -0.3 is 15.2 Å². The van der Waals surface area contributed by atoms with Crippen molar-refractivity contribution in [1.82, 2.24) is 4.98 Å². The van der Waals surface area contributed by atoms with Gasteiger partial charge in [-0.15, -0.1) is 0 Å². The molecule has 0 saturated heterocycles. The fourth-order valence-electron chi connectivity index (χ4n) is 2.30. The van der Waals surface area contributed by atoms with E-state index in [-0.39, 0.29) is 5.75 Å². The van der Waals surface area contributed by atoms with Crippen LogP contribution in [0.15, 0.2) is 12.1 Å². The molecule has 2 aromatic rings. The van der Waals surface area contributed by atoms with E-state index >= 15 is 0 Å². The van der Waals surface area contributed by atoms with Crippen LogP contribution in [0.25, 0.3) is 10.9 Å². The van der Waals surface area contributed by atoms with Gasteiger partial charge in [0.05, 0.1) is 5.41 Å². The van der Waals surface area contributed by atoms with Gasteiger partial charge in [0.2, 0.25) is 0 Å². The highest BCUT2D eigenvalue weighted by atomic mass is 16.4. The van der Waals surface area contributed by atoms with Crippen molar-refractivity contribution < 1.29 is 15.0 Å². The number of aliphatic carboxylic acids is 1. The maximum absolute atomic E-state index is 11.2. The molecule has 102 valence electrons. The molecule has 2 rings (SSSR count). The molecule has 1 aromatic carbocycles. The summed E-state index contributed by atoms with van der Waals surface area (Å²) in [5.41, 5.74) is 2.67. The average molecular weight is 261 g/mol. The molecule has 0 unspecified atom stereocenters. The van der Waals surface area contributed by atoms with E-state index < -0.39 is 11.4 Å². The van der Waals surface area contributed by atoms with Gasteiger partial charge in [0, 0.05) is 16.6 Å². The van der Waals surface area contributed by atoms with E-state index in [1.165, 1.54) is 0 Å². The lowest BCUT2D eigenvalue weighted by atomic mass is 9.85. The average Bonchev–Trinajstić information content (AvgIpc) is 2.59. The Morgan fingerprint density at radius 1 is 1.32 bits per heavy atom. The van der Waals surface area contributed by atoms with Gasteiger partial charge in [-0.25, -0.2) is 0 Å². The lowest BCUT2D eigenvalue weighted by Crippen LogP contribution is -2.26. The molecule has 0 aliphatic rings. The first-order valence-electron chi connectivity index (χ1n) is 6.27. The predicted molar refractivity (Wildman–Crippen MR) is 74.6 cm³/mol. The minimum absolute atomic E-state index is 0.189. The molecule has 3 N–H and O–H groups in total. The molecule has 4 nitrogen and oxygen atoms in total. The third-order valence-corrected chi connectivity index (χ3v) is 3.73. The number of fused-ring (bicyclic) bond motifs is 1. The molecule has 0 radical (unpaired) electrons. The summed E-state index contributed by atoms with van der Waals surface area (Å²) in [6, 6.07) is 3.68. The molecule has 19 heavy (non-hydrogen) atoms. The number of hydrogen-bond donors (Lipinski definition) is 3. The van der Waals surface area contributed by atoms with Gasteiger partial charge >= 0.3 is 5.97 Å². The standard InChI is InChI=1S/C15H19NO3/c1-8-9(2)16-11-6-5-10(13(17)12(8)11)7-15(3,4)14(18)19/h5-6,16-17H,7H2,1-4H3,(H,18,19). The van der Waals surface area contributed by atoms with E-state index in [0.717, 1.165) is 22.2 Å². The van der Waals surface area contributed by atoms with Crippen LogP contribution >= 0.6 is 0 Å². The predicted octanol–water partition coefficient (Wildman–Crippen LogP) is 3.14. The zero-order chi connectivity index (χ0) is 14.4. The molecule has 0 spiro atoms. The van der Waals surface area contributed by atoms with Crippen LogP contribution in [-0.2, 0) is 11.2 Å². The number of carbonyl (C=O) groups is 1. The number of H-pyrrole nitrogens is 1. The molecule has 1 heterocycles. The largest absolute Gasteiger partial charge is 0.507 e. The van der Waals surface area contributed by atoms with Gasteiger partial charge in [0.15, 0.2) is 0 Å². The highest BCUT2D eigenvalue weighted by molar-refractivity contribution is 5.91. The molecular weight excluding hydrogens is 242 g/mol. The molecule has 1 aromatic heterocycles. The molecule has 0 fully saturated rings. The summed E-state index contributed by atoms with van der Waals surface area (Å²) in [7, 11) is 0. The summed E-state index contributed by atoms with van der Waals surface area (Å²) in [6.45, 7) is 7.22. The zero-order valence-electron chi connectivity index (χ0n) is 11.7. The van der Waals surface area contributed by atoms with Gasteiger partial charge in [-0.1, -0.05) is 6.07 Å². The minimum atomic E-state index is -0.898. The quantitative estimate of drug-likeness (QED) is 0.794. The highest BCUT2D eigenvalue weighted by Gasteiger charge is 2.29. The number of aromatic hydroxyl groups is 1. The Hall–Kier alpha value is -1.97. The van der Waals surface area contributed by atoms with Crippen molar-refractivity contribution in [3.8, 4) is 5.75 Å². The van der Waals surface area contributed by atoms with Gasteiger partial charge in [-0.3, -0.25) is 4.79 Å². The summed E-state index contributed by atoms with van der Waals surface area (Å²) in [6.07, 6.45) is 0.299. The molecule has 4 heteroatoms. The number of aromatic nitrogens is 1. The van der Waals surface area contributed by atoms with Crippen LogP contribution in [0, 0.1) is 19.3 Å². The second-order valence-electron chi connectivity index (χ2n) is 5.74. The van der Waals surface area contributed by atoms with Crippen molar-refractivity contribution in [2.45, 2.75) is 34.1 Å². The topological polar surface area (TPSA) is 73.3 Å². The van der Waals surface area contributed by atoms with Gasteiger partial charge in [0.1, 0.15) is 5.75 Å². The number of phenolic OH excluding ortho intramolecular Hbond substituents is 1. The van der Waals surface area contributed by atoms with Gasteiger partial charge in [-0.05, 0) is 51.3 Å². The summed E-state index contributed by atoms with van der Waals surface area (Å²) in [5, 5.41) is 20.3. The van der Waals surface area contributed by atoms with Crippen LogP contribution in [0.2, 0.25) is 0 Å². The fourth-order valence-corrected chi connectivity index (χ4v) is 2.30. The molecule has 0 bridgehead atoms. The van der Waals surface area contributed by atoms with Gasteiger partial charge in [-0.2, -0.15) is 0 Å². The SMILES string of the molecule is Cc1[nH]c2ccc(CC(C)(C)C(=O)O)c(O)c2c1C. The lowest BCUT2D eigenvalue weighted by molar-refractivity contribution is -0.146. The zero-order valence-corrected chi connectivity index (χ0v) is 11.7. The fraction of sp³-hybridized carbons (Fsp3) is 0.400. The van der Waals surface area contributed by atoms with Gasteiger partial charge in [0.25, 0.3) is 0 Å². The van der Waals surface area contributed by atoms with Crippen molar-refractivity contribution in [1.29, 1.82) is 0 Å². The van der Waals surface area contributed by atoms with Crippen molar-refractivity contribution in [2.24, 2.45) is 5.41 Å². The van der Waals surface area contributed by atoms with E-state index in [9.17, 15) is 15.0 Å². The number of aryl methyl sites for hydroxylation is 2. The summed E-state index contributed by atoms with van der Waals surface area (Å²) < 4.78 is 0. The van der Waals surface area contributed by atoms with E-state index in [4.69, 9.17) is 0 Å². The number of aromatic amines is 1. The maximum atomic E-state index is 11.2. The van der Waals surface area contributed by atoms with Crippen LogP contribution in [0.5, 0.6) is 5.75 Å². The first-order valence-corrected chi connectivity index (χ1v) is 6.27. The molecular formula is C15H19NO3. The summed E-state index contributed by atoms with van der Waals surface area (Å²) in [4.78, 5) is 14.4. The monoisotopic (exact) mass is 261 g/mol. The highest BCUT2D eigenvalue weighted by Crippen LogP contribution is 2.36. The Morgan fingerprint density at radius 3 is 2.53 bits per heavy atom. The Kier molecular flexibility index (Phi) is 3.04. The number of nitrogens with one attached hydrogen (secondary N) is 1. The number of benzene rings is 1. The Labute approximate surface area is 112 Å². The number of carboxylic acid groups (broad SMARTS) is 1. The van der Waals surface area contributed by atoms with Crippen LogP contribution in [-0.4, -0.2) is 21.2 Å². The van der Waals surface area contributed by atoms with Crippen molar-refractivity contribution in [3.05, 3.63) is 29.0 Å². The number of phenols is 1. The third kappa shape index (κ3) is 2.18. The van der Waals surface area contributed by atoms with Crippen LogP contribution in [0.4, 0.5) is 0 Å². The van der Waals surface area contributed by atoms with Crippen LogP contribution in [0.1, 0.15) is 30.7 Å². The summed E-state index contributed by atoms with van der Waals surface area (Å²) in [5.74, 6) is -0.678. The van der Waals surface area contributed by atoms with E-state index in [2.05, 4.69) is 4.98 Å².